The van der Waals surface area contributed by atoms with Crippen molar-refractivity contribution < 1.29 is 18.3 Å². The lowest BCUT2D eigenvalue weighted by atomic mass is 10.2. The summed E-state index contributed by atoms with van der Waals surface area (Å²) in [4.78, 5) is 20.7. The van der Waals surface area contributed by atoms with E-state index in [0.717, 1.165) is 17.3 Å². The third-order valence-electron chi connectivity index (χ3n) is 3.75. The van der Waals surface area contributed by atoms with Crippen molar-refractivity contribution in [2.75, 3.05) is 0 Å². The second kappa shape index (κ2) is 8.18. The molecule has 2 heterocycles. The molecule has 1 atom stereocenters. The summed E-state index contributed by atoms with van der Waals surface area (Å²) in [5.74, 6) is -0.359. The number of carbonyl (C=O) groups is 1. The number of rotatable bonds is 6. The second-order valence-electron chi connectivity index (χ2n) is 5.95. The van der Waals surface area contributed by atoms with Crippen LogP contribution in [0.1, 0.15) is 40.6 Å². The molecule has 0 radical (unpaired) electrons. The Morgan fingerprint density at radius 3 is 2.89 bits per heavy atom. The van der Waals surface area contributed by atoms with Crippen molar-refractivity contribution in [1.82, 2.24) is 15.3 Å². The number of amides is 1. The number of hydrogen-bond acceptors (Lipinski definition) is 5. The fourth-order valence-electron chi connectivity index (χ4n) is 2.29. The lowest BCUT2D eigenvalue weighted by Gasteiger charge is -2.12. The number of nitrogens with zero attached hydrogens (tertiary/aromatic N) is 2. The lowest BCUT2D eigenvalue weighted by molar-refractivity contribution is 0.0934. The van der Waals surface area contributed by atoms with Gasteiger partial charge in [-0.05, 0) is 43.7 Å². The van der Waals surface area contributed by atoms with Gasteiger partial charge in [-0.3, -0.25) is 9.78 Å². The minimum absolute atomic E-state index is 0.0479. The quantitative estimate of drug-likeness (QED) is 0.682. The highest BCUT2D eigenvalue weighted by Crippen LogP contribution is 2.25. The molecule has 0 spiro atoms. The van der Waals surface area contributed by atoms with E-state index in [-0.39, 0.29) is 35.2 Å². The van der Waals surface area contributed by atoms with Gasteiger partial charge in [0.05, 0.1) is 16.8 Å². The molecule has 0 fully saturated rings. The minimum atomic E-state index is -0.459. The maximum Gasteiger partial charge on any atom is 0.273 e. The Kier molecular flexibility index (Phi) is 5.71. The van der Waals surface area contributed by atoms with Crippen LogP contribution in [0.15, 0.2) is 47.2 Å². The van der Waals surface area contributed by atoms with Crippen LogP contribution in [0, 0.1) is 12.7 Å². The number of carbonyl (C=O) groups excluding carboxylic acids is 1. The van der Waals surface area contributed by atoms with Crippen LogP contribution in [0.5, 0.6) is 5.75 Å². The molecular weight excluding hydrogens is 373 g/mol. The average Bonchev–Trinajstić information content (AvgIpc) is 3.10. The van der Waals surface area contributed by atoms with Crippen LogP contribution < -0.4 is 10.1 Å². The van der Waals surface area contributed by atoms with Gasteiger partial charge < -0.3 is 14.5 Å². The van der Waals surface area contributed by atoms with Crippen molar-refractivity contribution >= 4 is 17.5 Å². The Hall–Kier alpha value is -2.93. The molecule has 0 aliphatic rings. The summed E-state index contributed by atoms with van der Waals surface area (Å²) < 4.78 is 23.7. The van der Waals surface area contributed by atoms with Gasteiger partial charge in [0.2, 0.25) is 5.89 Å². The first-order chi connectivity index (χ1) is 12.9. The Bertz CT molecular complexity index is 944. The smallest absolute Gasteiger partial charge is 0.273 e. The molecule has 1 amide bonds. The number of aromatic nitrogens is 2. The predicted molar refractivity (Wildman–Crippen MR) is 97.1 cm³/mol. The maximum atomic E-state index is 13.0. The van der Waals surface area contributed by atoms with Gasteiger partial charge in [0.15, 0.2) is 12.3 Å². The van der Waals surface area contributed by atoms with Crippen molar-refractivity contribution in [3.8, 4) is 5.75 Å². The first-order valence-corrected chi connectivity index (χ1v) is 8.56. The molecule has 2 aromatic heterocycles. The monoisotopic (exact) mass is 389 g/mol. The highest BCUT2D eigenvalue weighted by atomic mass is 35.5. The molecule has 0 unspecified atom stereocenters. The number of pyridine rings is 1. The highest BCUT2D eigenvalue weighted by Gasteiger charge is 2.17. The molecule has 0 aliphatic carbocycles. The molecule has 6 nitrogen and oxygen atoms in total. The zero-order valence-electron chi connectivity index (χ0n) is 14.7. The predicted octanol–water partition coefficient (Wildman–Crippen LogP) is 4.24. The highest BCUT2D eigenvalue weighted by molar-refractivity contribution is 6.32. The van der Waals surface area contributed by atoms with Crippen molar-refractivity contribution in [2.24, 2.45) is 0 Å². The number of oxazole rings is 1. The molecular formula is C19H17ClFN3O3. The van der Waals surface area contributed by atoms with Gasteiger partial charge in [-0.1, -0.05) is 17.7 Å². The standard InChI is InChI=1S/C19H17ClFN3O3/c1-11-3-5-15(22-8-11)12(2)23-19(25)16-9-27-18(24-16)10-26-17-6-4-13(21)7-14(17)20/h3-9,12H,10H2,1-2H3,(H,23,25)/t12-/m1/s1. The maximum absolute atomic E-state index is 13.0. The van der Waals surface area contributed by atoms with Crippen molar-refractivity contribution in [3.63, 3.8) is 0 Å². The van der Waals surface area contributed by atoms with Gasteiger partial charge in [-0.2, -0.15) is 0 Å². The summed E-state index contributed by atoms with van der Waals surface area (Å²) in [6.07, 6.45) is 2.99. The first kappa shape index (κ1) is 18.8. The molecule has 0 bridgehead atoms. The summed E-state index contributed by atoms with van der Waals surface area (Å²) in [5, 5.41) is 2.94. The van der Waals surface area contributed by atoms with E-state index in [2.05, 4.69) is 15.3 Å². The summed E-state index contributed by atoms with van der Waals surface area (Å²) in [5.41, 5.74) is 1.91. The van der Waals surface area contributed by atoms with Gasteiger partial charge >= 0.3 is 0 Å². The van der Waals surface area contributed by atoms with Crippen LogP contribution in [0.2, 0.25) is 5.02 Å². The van der Waals surface area contributed by atoms with Gasteiger partial charge in [0.1, 0.15) is 17.8 Å². The van der Waals surface area contributed by atoms with E-state index in [1.807, 2.05) is 26.0 Å². The first-order valence-electron chi connectivity index (χ1n) is 8.18. The zero-order valence-corrected chi connectivity index (χ0v) is 15.5. The SMILES string of the molecule is Cc1ccc([C@@H](C)NC(=O)c2coc(COc3ccc(F)cc3Cl)n2)nc1. The number of halogens is 2. The van der Waals surface area contributed by atoms with E-state index in [0.29, 0.717) is 5.75 Å². The van der Waals surface area contributed by atoms with Gasteiger partial charge in [0, 0.05) is 6.20 Å². The number of hydrogen-bond donors (Lipinski definition) is 1. The summed E-state index contributed by atoms with van der Waals surface area (Å²) in [6.45, 7) is 3.72. The summed E-state index contributed by atoms with van der Waals surface area (Å²) in [7, 11) is 0. The minimum Gasteiger partial charge on any atom is -0.482 e. The molecule has 1 aromatic carbocycles. The number of aryl methyl sites for hydroxylation is 1. The fourth-order valence-corrected chi connectivity index (χ4v) is 2.51. The fraction of sp³-hybridized carbons (Fsp3) is 0.211. The Morgan fingerprint density at radius 1 is 1.37 bits per heavy atom. The molecule has 3 rings (SSSR count). The van der Waals surface area contributed by atoms with E-state index in [9.17, 15) is 9.18 Å². The van der Waals surface area contributed by atoms with Crippen LogP contribution in [0.3, 0.4) is 0 Å². The Morgan fingerprint density at radius 2 is 2.19 bits per heavy atom. The summed E-state index contributed by atoms with van der Waals surface area (Å²) in [6, 6.07) is 7.28. The van der Waals surface area contributed by atoms with Crippen LogP contribution in [-0.4, -0.2) is 15.9 Å². The Labute approximate surface area is 160 Å². The molecule has 1 N–H and O–H groups in total. The molecule has 8 heteroatoms. The average molecular weight is 390 g/mol. The topological polar surface area (TPSA) is 77.2 Å². The number of benzene rings is 1. The molecule has 0 saturated heterocycles. The van der Waals surface area contributed by atoms with Crippen LogP contribution in [0.4, 0.5) is 4.39 Å². The van der Waals surface area contributed by atoms with E-state index in [4.69, 9.17) is 20.8 Å². The Balaban J connectivity index is 1.59. The third kappa shape index (κ3) is 4.83. The van der Waals surface area contributed by atoms with E-state index in [1.54, 1.807) is 6.20 Å². The zero-order chi connectivity index (χ0) is 19.4. The third-order valence-corrected chi connectivity index (χ3v) is 4.05. The molecule has 140 valence electrons. The molecule has 27 heavy (non-hydrogen) atoms. The second-order valence-corrected chi connectivity index (χ2v) is 6.35. The van der Waals surface area contributed by atoms with E-state index in [1.165, 1.54) is 18.4 Å². The van der Waals surface area contributed by atoms with Crippen molar-refractivity contribution in [3.05, 3.63) is 76.5 Å². The van der Waals surface area contributed by atoms with Gasteiger partial charge in [-0.15, -0.1) is 0 Å². The van der Waals surface area contributed by atoms with Gasteiger partial charge in [-0.25, -0.2) is 9.37 Å². The summed E-state index contributed by atoms with van der Waals surface area (Å²) >= 11 is 5.89. The van der Waals surface area contributed by atoms with Crippen molar-refractivity contribution in [1.29, 1.82) is 0 Å². The lowest BCUT2D eigenvalue weighted by Crippen LogP contribution is -2.27. The van der Waals surface area contributed by atoms with Gasteiger partial charge in [0.25, 0.3) is 5.91 Å². The molecule has 3 aromatic rings. The van der Waals surface area contributed by atoms with Crippen LogP contribution >= 0.6 is 11.6 Å². The number of ether oxygens (including phenoxy) is 1. The molecule has 0 aliphatic heterocycles. The van der Waals surface area contributed by atoms with Crippen LogP contribution in [-0.2, 0) is 6.61 Å². The number of nitrogens with one attached hydrogen (secondary N) is 1. The van der Waals surface area contributed by atoms with E-state index < -0.39 is 5.82 Å². The normalized spacial score (nSPS) is 11.9. The van der Waals surface area contributed by atoms with E-state index >= 15 is 0 Å². The van der Waals surface area contributed by atoms with Crippen molar-refractivity contribution in [2.45, 2.75) is 26.5 Å². The largest absolute Gasteiger partial charge is 0.482 e. The molecule has 0 saturated carbocycles. The van der Waals surface area contributed by atoms with Crippen LogP contribution in [0.25, 0.3) is 0 Å².